The molecule has 0 amide bonds. The Morgan fingerprint density at radius 3 is 3.00 bits per heavy atom. The van der Waals surface area contributed by atoms with Gasteiger partial charge in [0.15, 0.2) is 11.6 Å². The van der Waals surface area contributed by atoms with Crippen LogP contribution in [-0.2, 0) is 0 Å². The van der Waals surface area contributed by atoms with Crippen molar-refractivity contribution in [3.63, 3.8) is 0 Å². The van der Waals surface area contributed by atoms with Gasteiger partial charge in [0.1, 0.15) is 5.75 Å². The molecule has 118 valence electrons. The summed E-state index contributed by atoms with van der Waals surface area (Å²) >= 11 is 1.77. The standard InChI is InChI=1S/C16H19FN2O2S/c1-20-16-8-14-12(7-13(16)17)15(3-5-18-14)21-10-11-4-6-19(9-11)22-2/h3,5,7-8,11H,4,6,9-10H2,1-2H3. The van der Waals surface area contributed by atoms with Gasteiger partial charge in [-0.25, -0.2) is 4.39 Å². The summed E-state index contributed by atoms with van der Waals surface area (Å²) in [5.41, 5.74) is 0.674. The average Bonchev–Trinajstić information content (AvgIpc) is 3.00. The van der Waals surface area contributed by atoms with E-state index in [-0.39, 0.29) is 5.75 Å². The molecule has 1 aromatic carbocycles. The molecule has 0 N–H and O–H groups in total. The summed E-state index contributed by atoms with van der Waals surface area (Å²) in [6.07, 6.45) is 4.90. The first-order valence-corrected chi connectivity index (χ1v) is 8.43. The molecule has 2 aromatic rings. The van der Waals surface area contributed by atoms with Gasteiger partial charge in [-0.05, 0) is 24.8 Å². The van der Waals surface area contributed by atoms with Crippen molar-refractivity contribution in [3.05, 3.63) is 30.2 Å². The minimum Gasteiger partial charge on any atom is -0.494 e. The quantitative estimate of drug-likeness (QED) is 0.789. The number of hydrogen-bond donors (Lipinski definition) is 0. The SMILES string of the molecule is COc1cc2nccc(OCC3CCN(SC)C3)c2cc1F. The second-order valence-corrected chi connectivity index (χ2v) is 6.23. The molecule has 1 saturated heterocycles. The molecule has 0 radical (unpaired) electrons. The molecule has 22 heavy (non-hydrogen) atoms. The number of pyridine rings is 1. The number of fused-ring (bicyclic) bond motifs is 1. The van der Waals surface area contributed by atoms with Gasteiger partial charge in [0.2, 0.25) is 0 Å². The highest BCUT2D eigenvalue weighted by atomic mass is 32.2. The zero-order valence-corrected chi connectivity index (χ0v) is 13.5. The molecule has 2 heterocycles. The average molecular weight is 322 g/mol. The highest BCUT2D eigenvalue weighted by molar-refractivity contribution is 7.96. The number of methoxy groups -OCH3 is 1. The zero-order valence-electron chi connectivity index (χ0n) is 12.7. The summed E-state index contributed by atoms with van der Waals surface area (Å²) in [6.45, 7) is 2.77. The van der Waals surface area contributed by atoms with E-state index in [4.69, 9.17) is 9.47 Å². The van der Waals surface area contributed by atoms with Gasteiger partial charge in [0, 0.05) is 36.7 Å². The van der Waals surface area contributed by atoms with Crippen molar-refractivity contribution >= 4 is 22.9 Å². The lowest BCUT2D eigenvalue weighted by Gasteiger charge is -2.14. The third-order valence-corrected chi connectivity index (χ3v) is 4.80. The van der Waals surface area contributed by atoms with Crippen LogP contribution in [0.15, 0.2) is 24.4 Å². The van der Waals surface area contributed by atoms with Gasteiger partial charge < -0.3 is 9.47 Å². The first kappa shape index (κ1) is 15.4. The van der Waals surface area contributed by atoms with Gasteiger partial charge in [-0.2, -0.15) is 0 Å². The highest BCUT2D eigenvalue weighted by Gasteiger charge is 2.22. The van der Waals surface area contributed by atoms with Crippen molar-refractivity contribution in [1.82, 2.24) is 9.29 Å². The molecule has 3 rings (SSSR count). The number of halogens is 1. The van der Waals surface area contributed by atoms with Crippen LogP contribution in [0.4, 0.5) is 4.39 Å². The summed E-state index contributed by atoms with van der Waals surface area (Å²) in [6, 6.07) is 4.82. The summed E-state index contributed by atoms with van der Waals surface area (Å²) in [5, 5.41) is 0.681. The Morgan fingerprint density at radius 1 is 1.41 bits per heavy atom. The fraction of sp³-hybridized carbons (Fsp3) is 0.438. The van der Waals surface area contributed by atoms with E-state index in [1.54, 1.807) is 30.3 Å². The lowest BCUT2D eigenvalue weighted by molar-refractivity contribution is 0.258. The van der Waals surface area contributed by atoms with Crippen LogP contribution in [0.5, 0.6) is 11.5 Å². The van der Waals surface area contributed by atoms with E-state index < -0.39 is 5.82 Å². The predicted octanol–water partition coefficient (Wildman–Crippen LogP) is 3.36. The van der Waals surface area contributed by atoms with Crippen LogP contribution in [0.3, 0.4) is 0 Å². The Balaban J connectivity index is 1.78. The largest absolute Gasteiger partial charge is 0.494 e. The normalized spacial score (nSPS) is 18.8. The van der Waals surface area contributed by atoms with Crippen molar-refractivity contribution in [2.45, 2.75) is 6.42 Å². The van der Waals surface area contributed by atoms with Gasteiger partial charge >= 0.3 is 0 Å². The lowest BCUT2D eigenvalue weighted by Crippen LogP contribution is -2.16. The molecular weight excluding hydrogens is 303 g/mol. The van der Waals surface area contributed by atoms with E-state index in [0.29, 0.717) is 29.2 Å². The molecule has 0 aliphatic carbocycles. The van der Waals surface area contributed by atoms with Crippen LogP contribution >= 0.6 is 11.9 Å². The second kappa shape index (κ2) is 6.71. The first-order valence-electron chi connectivity index (χ1n) is 7.25. The van der Waals surface area contributed by atoms with Crippen LogP contribution in [0.25, 0.3) is 10.9 Å². The van der Waals surface area contributed by atoms with Gasteiger partial charge in [0.25, 0.3) is 0 Å². The van der Waals surface area contributed by atoms with Crippen molar-refractivity contribution < 1.29 is 13.9 Å². The first-order chi connectivity index (χ1) is 10.7. The zero-order chi connectivity index (χ0) is 15.5. The Hall–Kier alpha value is -1.53. The molecular formula is C16H19FN2O2S. The Kier molecular flexibility index (Phi) is 4.69. The molecule has 1 aliphatic heterocycles. The maximum absolute atomic E-state index is 13.9. The lowest BCUT2D eigenvalue weighted by atomic mass is 10.1. The van der Waals surface area contributed by atoms with E-state index in [0.717, 1.165) is 19.5 Å². The summed E-state index contributed by atoms with van der Waals surface area (Å²) in [7, 11) is 1.45. The number of benzene rings is 1. The molecule has 0 saturated carbocycles. The van der Waals surface area contributed by atoms with E-state index in [1.165, 1.54) is 13.2 Å². The van der Waals surface area contributed by atoms with E-state index in [2.05, 4.69) is 15.5 Å². The molecule has 1 fully saturated rings. The predicted molar refractivity (Wildman–Crippen MR) is 86.9 cm³/mol. The van der Waals surface area contributed by atoms with Gasteiger partial charge in [-0.1, -0.05) is 11.9 Å². The van der Waals surface area contributed by atoms with Gasteiger partial charge in [-0.3, -0.25) is 9.29 Å². The van der Waals surface area contributed by atoms with Crippen LogP contribution in [0.1, 0.15) is 6.42 Å². The van der Waals surface area contributed by atoms with E-state index in [1.807, 2.05) is 0 Å². The minimum absolute atomic E-state index is 0.198. The maximum atomic E-state index is 13.9. The molecule has 1 aliphatic rings. The summed E-state index contributed by atoms with van der Waals surface area (Å²) in [4.78, 5) is 4.26. The number of rotatable bonds is 5. The number of ether oxygens (including phenoxy) is 2. The van der Waals surface area contributed by atoms with E-state index >= 15 is 0 Å². The van der Waals surface area contributed by atoms with E-state index in [9.17, 15) is 4.39 Å². The minimum atomic E-state index is -0.401. The Morgan fingerprint density at radius 2 is 2.27 bits per heavy atom. The molecule has 1 aromatic heterocycles. The third kappa shape index (κ3) is 3.13. The van der Waals surface area contributed by atoms with Gasteiger partial charge in [-0.15, -0.1) is 0 Å². The fourth-order valence-corrected chi connectivity index (χ4v) is 3.36. The van der Waals surface area contributed by atoms with Crippen LogP contribution in [-0.4, -0.2) is 42.4 Å². The highest BCUT2D eigenvalue weighted by Crippen LogP contribution is 2.30. The number of aromatic nitrogens is 1. The molecule has 1 unspecified atom stereocenters. The van der Waals surface area contributed by atoms with Crippen molar-refractivity contribution in [3.8, 4) is 11.5 Å². The molecule has 1 atom stereocenters. The van der Waals surface area contributed by atoms with Crippen LogP contribution in [0, 0.1) is 11.7 Å². The number of nitrogens with zero attached hydrogens (tertiary/aromatic N) is 2. The topological polar surface area (TPSA) is 34.6 Å². The molecule has 4 nitrogen and oxygen atoms in total. The fourth-order valence-electron chi connectivity index (χ4n) is 2.71. The maximum Gasteiger partial charge on any atom is 0.165 e. The summed E-state index contributed by atoms with van der Waals surface area (Å²) < 4.78 is 27.2. The monoisotopic (exact) mass is 322 g/mol. The van der Waals surface area contributed by atoms with Crippen molar-refractivity contribution in [1.29, 1.82) is 0 Å². The molecule has 6 heteroatoms. The molecule has 0 spiro atoms. The molecule has 0 bridgehead atoms. The van der Waals surface area contributed by atoms with Crippen LogP contribution < -0.4 is 9.47 Å². The van der Waals surface area contributed by atoms with Crippen molar-refractivity contribution in [2.24, 2.45) is 5.92 Å². The van der Waals surface area contributed by atoms with Gasteiger partial charge in [0.05, 0.1) is 19.2 Å². The Labute approximate surface area is 133 Å². The number of hydrogen-bond acceptors (Lipinski definition) is 5. The Bertz CT molecular complexity index is 668. The smallest absolute Gasteiger partial charge is 0.165 e. The van der Waals surface area contributed by atoms with Crippen molar-refractivity contribution in [2.75, 3.05) is 33.1 Å². The third-order valence-electron chi connectivity index (χ3n) is 3.96. The second-order valence-electron chi connectivity index (χ2n) is 5.35. The summed E-state index contributed by atoms with van der Waals surface area (Å²) in [5.74, 6) is 0.985. The van der Waals surface area contributed by atoms with Crippen LogP contribution in [0.2, 0.25) is 0 Å².